The number of carbonyl (C=O) groups excluding carboxylic acids is 1. The zero-order valence-electron chi connectivity index (χ0n) is 13.5. The fraction of sp³-hybridized carbons (Fsp3) is 0.278. The number of ether oxygens (including phenoxy) is 1. The summed E-state index contributed by atoms with van der Waals surface area (Å²) in [6.07, 6.45) is -0.506. The van der Waals surface area contributed by atoms with Crippen molar-refractivity contribution in [3.05, 3.63) is 59.4 Å². The van der Waals surface area contributed by atoms with E-state index in [-0.39, 0.29) is 11.7 Å². The first kappa shape index (κ1) is 17.0. The molecule has 0 aliphatic carbocycles. The summed E-state index contributed by atoms with van der Waals surface area (Å²) in [5.74, 6) is -0.399. The molecule has 0 fully saturated rings. The molecule has 4 nitrogen and oxygen atoms in total. The van der Waals surface area contributed by atoms with Crippen molar-refractivity contribution in [1.82, 2.24) is 0 Å². The number of aryl methyl sites for hydroxylation is 1. The van der Waals surface area contributed by atoms with E-state index in [1.54, 1.807) is 19.9 Å². The Labute approximate surface area is 135 Å². The number of anilines is 2. The fourth-order valence-electron chi connectivity index (χ4n) is 2.08. The molecule has 0 aliphatic rings. The average Bonchev–Trinajstić information content (AvgIpc) is 2.55. The maximum absolute atomic E-state index is 13.3. The van der Waals surface area contributed by atoms with Crippen LogP contribution in [0.4, 0.5) is 15.8 Å². The van der Waals surface area contributed by atoms with Crippen LogP contribution in [0.5, 0.6) is 0 Å². The van der Waals surface area contributed by atoms with E-state index in [2.05, 4.69) is 10.6 Å². The molecule has 0 radical (unpaired) electrons. The van der Waals surface area contributed by atoms with Crippen molar-refractivity contribution >= 4 is 17.3 Å². The molecule has 23 heavy (non-hydrogen) atoms. The molecule has 0 saturated heterocycles. The number of carbonyl (C=O) groups is 1. The number of methoxy groups -OCH3 is 1. The molecule has 5 heteroatoms. The van der Waals surface area contributed by atoms with Crippen LogP contribution in [0.15, 0.2) is 42.5 Å². The normalized spacial score (nSPS) is 11.8. The van der Waals surface area contributed by atoms with Crippen molar-refractivity contribution in [2.24, 2.45) is 0 Å². The van der Waals surface area contributed by atoms with E-state index in [9.17, 15) is 9.18 Å². The number of hydrogen-bond donors (Lipinski definition) is 2. The first-order chi connectivity index (χ1) is 11.0. The smallest absolute Gasteiger partial charge is 0.253 e. The fourth-order valence-corrected chi connectivity index (χ4v) is 2.08. The van der Waals surface area contributed by atoms with Crippen molar-refractivity contribution in [1.29, 1.82) is 0 Å². The lowest BCUT2D eigenvalue weighted by Gasteiger charge is -2.12. The molecule has 2 N–H and O–H groups in total. The van der Waals surface area contributed by atoms with Crippen LogP contribution < -0.4 is 10.6 Å². The largest absolute Gasteiger partial charge is 0.381 e. The van der Waals surface area contributed by atoms with Crippen LogP contribution in [-0.4, -0.2) is 19.1 Å². The third-order valence-electron chi connectivity index (χ3n) is 3.57. The number of hydrogen-bond acceptors (Lipinski definition) is 3. The molecule has 1 atom stereocenters. The molecule has 0 bridgehead atoms. The number of benzene rings is 2. The average molecular weight is 316 g/mol. The van der Waals surface area contributed by atoms with Crippen molar-refractivity contribution in [3.63, 3.8) is 0 Å². The first-order valence-corrected chi connectivity index (χ1v) is 7.42. The molecule has 1 amide bonds. The topological polar surface area (TPSA) is 50.4 Å². The molecule has 2 aromatic rings. The lowest BCUT2D eigenvalue weighted by Crippen LogP contribution is -2.26. The summed E-state index contributed by atoms with van der Waals surface area (Å²) in [6.45, 7) is 4.01. The molecule has 0 heterocycles. The Kier molecular flexibility index (Phi) is 5.71. The SMILES string of the molecule is CO[C@H](C)C(=O)Nc1cccc(NCc2ccc(F)c(C)c2)c1. The van der Waals surface area contributed by atoms with Gasteiger partial charge in [0.15, 0.2) is 0 Å². The van der Waals surface area contributed by atoms with E-state index in [0.29, 0.717) is 17.8 Å². The minimum absolute atomic E-state index is 0.196. The maximum atomic E-state index is 13.3. The Morgan fingerprint density at radius 2 is 1.96 bits per heavy atom. The molecule has 122 valence electrons. The highest BCUT2D eigenvalue weighted by Crippen LogP contribution is 2.17. The van der Waals surface area contributed by atoms with E-state index in [4.69, 9.17) is 4.74 Å². The van der Waals surface area contributed by atoms with E-state index in [1.165, 1.54) is 13.2 Å². The zero-order chi connectivity index (χ0) is 16.8. The molecule has 0 aliphatic heterocycles. The predicted molar refractivity (Wildman–Crippen MR) is 90.0 cm³/mol. The summed E-state index contributed by atoms with van der Waals surface area (Å²) in [7, 11) is 1.49. The minimum Gasteiger partial charge on any atom is -0.381 e. The summed E-state index contributed by atoms with van der Waals surface area (Å²) in [5.41, 5.74) is 3.18. The number of nitrogens with one attached hydrogen (secondary N) is 2. The van der Waals surface area contributed by atoms with Gasteiger partial charge in [0.05, 0.1) is 0 Å². The summed E-state index contributed by atoms with van der Waals surface area (Å²) >= 11 is 0. The second-order valence-corrected chi connectivity index (χ2v) is 5.39. The molecule has 0 spiro atoms. The van der Waals surface area contributed by atoms with Gasteiger partial charge in [0.25, 0.3) is 5.91 Å². The third-order valence-corrected chi connectivity index (χ3v) is 3.57. The predicted octanol–water partition coefficient (Wildman–Crippen LogP) is 3.72. The Balaban J connectivity index is 1.99. The van der Waals surface area contributed by atoms with Crippen LogP contribution in [0.25, 0.3) is 0 Å². The van der Waals surface area contributed by atoms with Gasteiger partial charge in [-0.05, 0) is 49.2 Å². The lowest BCUT2D eigenvalue weighted by atomic mass is 10.1. The molecule has 2 aromatic carbocycles. The van der Waals surface area contributed by atoms with Gasteiger partial charge in [0, 0.05) is 25.0 Å². The Morgan fingerprint density at radius 3 is 2.65 bits per heavy atom. The summed E-state index contributed by atoms with van der Waals surface area (Å²) < 4.78 is 18.2. The van der Waals surface area contributed by atoms with Crippen LogP contribution in [0.1, 0.15) is 18.1 Å². The summed E-state index contributed by atoms with van der Waals surface area (Å²) in [6, 6.07) is 12.5. The van der Waals surface area contributed by atoms with Gasteiger partial charge in [-0.2, -0.15) is 0 Å². The van der Waals surface area contributed by atoms with Crippen LogP contribution in [-0.2, 0) is 16.1 Å². The lowest BCUT2D eigenvalue weighted by molar-refractivity contribution is -0.124. The van der Waals surface area contributed by atoms with Gasteiger partial charge in [-0.3, -0.25) is 4.79 Å². The van der Waals surface area contributed by atoms with Crippen molar-refractivity contribution in [2.45, 2.75) is 26.5 Å². The number of halogens is 1. The van der Waals surface area contributed by atoms with Crippen LogP contribution >= 0.6 is 0 Å². The standard InChI is InChI=1S/C18H21FN2O2/c1-12-9-14(7-8-17(12)19)11-20-15-5-4-6-16(10-15)21-18(22)13(2)23-3/h4-10,13,20H,11H2,1-3H3,(H,21,22)/t13-/m1/s1. The second-order valence-electron chi connectivity index (χ2n) is 5.39. The number of rotatable bonds is 6. The summed E-state index contributed by atoms with van der Waals surface area (Å²) in [5, 5.41) is 6.05. The third kappa shape index (κ3) is 4.79. The van der Waals surface area contributed by atoms with Crippen molar-refractivity contribution in [2.75, 3.05) is 17.7 Å². The number of amides is 1. The van der Waals surface area contributed by atoms with E-state index >= 15 is 0 Å². The summed E-state index contributed by atoms with van der Waals surface area (Å²) in [4.78, 5) is 11.8. The van der Waals surface area contributed by atoms with E-state index in [1.807, 2.05) is 30.3 Å². The highest BCUT2D eigenvalue weighted by Gasteiger charge is 2.11. The van der Waals surface area contributed by atoms with Gasteiger partial charge in [-0.15, -0.1) is 0 Å². The van der Waals surface area contributed by atoms with E-state index in [0.717, 1.165) is 11.3 Å². The van der Waals surface area contributed by atoms with Crippen LogP contribution in [0.3, 0.4) is 0 Å². The highest BCUT2D eigenvalue weighted by molar-refractivity contribution is 5.94. The monoisotopic (exact) mass is 316 g/mol. The van der Waals surface area contributed by atoms with Crippen LogP contribution in [0.2, 0.25) is 0 Å². The quantitative estimate of drug-likeness (QED) is 0.854. The highest BCUT2D eigenvalue weighted by atomic mass is 19.1. The molecular weight excluding hydrogens is 295 g/mol. The zero-order valence-corrected chi connectivity index (χ0v) is 13.5. The van der Waals surface area contributed by atoms with Crippen LogP contribution in [0, 0.1) is 12.7 Å². The van der Waals surface area contributed by atoms with Gasteiger partial charge in [-0.1, -0.05) is 18.2 Å². The van der Waals surface area contributed by atoms with Crippen molar-refractivity contribution < 1.29 is 13.9 Å². The van der Waals surface area contributed by atoms with Gasteiger partial charge in [-0.25, -0.2) is 4.39 Å². The Morgan fingerprint density at radius 1 is 1.22 bits per heavy atom. The van der Waals surface area contributed by atoms with Gasteiger partial charge >= 0.3 is 0 Å². The maximum Gasteiger partial charge on any atom is 0.253 e. The Bertz CT molecular complexity index is 688. The van der Waals surface area contributed by atoms with Crippen molar-refractivity contribution in [3.8, 4) is 0 Å². The molecule has 2 rings (SSSR count). The van der Waals surface area contributed by atoms with Gasteiger partial charge in [0.1, 0.15) is 11.9 Å². The minimum atomic E-state index is -0.506. The van der Waals surface area contributed by atoms with E-state index < -0.39 is 6.10 Å². The first-order valence-electron chi connectivity index (χ1n) is 7.42. The Hall–Kier alpha value is -2.40. The molecular formula is C18H21FN2O2. The van der Waals surface area contributed by atoms with Gasteiger partial charge < -0.3 is 15.4 Å². The molecule has 0 unspecified atom stereocenters. The second kappa shape index (κ2) is 7.74. The molecule has 0 saturated carbocycles. The molecule has 0 aromatic heterocycles. The van der Waals surface area contributed by atoms with Gasteiger partial charge in [0.2, 0.25) is 0 Å².